The van der Waals surface area contributed by atoms with E-state index in [2.05, 4.69) is 10.1 Å². The van der Waals surface area contributed by atoms with Gasteiger partial charge in [-0.05, 0) is 18.1 Å². The van der Waals surface area contributed by atoms with Gasteiger partial charge in [-0.3, -0.25) is 9.67 Å². The van der Waals surface area contributed by atoms with Crippen molar-refractivity contribution in [2.24, 2.45) is 12.8 Å². The van der Waals surface area contributed by atoms with Crippen LogP contribution < -0.4 is 5.73 Å². The monoisotopic (exact) mass is 236 g/mol. The first-order valence-corrected chi connectivity index (χ1v) is 5.32. The third-order valence-corrected chi connectivity index (χ3v) is 2.78. The minimum absolute atomic E-state index is 0.299. The molecular weight excluding hydrogens is 224 g/mol. The summed E-state index contributed by atoms with van der Waals surface area (Å²) in [6.45, 7) is 1.98. The standard InChI is InChI=1S/C11H13ClN4/c1-7-3-8(5-14-4-7)10(13)11-9(12)6-15-16(11)2/h3-6,10H,13H2,1-2H3. The number of nitrogens with zero attached hydrogens (tertiary/aromatic N) is 3. The average Bonchev–Trinajstić information content (AvgIpc) is 2.58. The fraction of sp³-hybridized carbons (Fsp3) is 0.273. The van der Waals surface area contributed by atoms with Crippen LogP contribution in [0.3, 0.4) is 0 Å². The minimum atomic E-state index is -0.299. The molecule has 0 spiro atoms. The molecule has 2 rings (SSSR count). The fourth-order valence-corrected chi connectivity index (χ4v) is 1.96. The van der Waals surface area contributed by atoms with Gasteiger partial charge in [0.25, 0.3) is 0 Å². The zero-order chi connectivity index (χ0) is 11.7. The molecule has 0 saturated carbocycles. The SMILES string of the molecule is Cc1cncc(C(N)c2c(Cl)cnn2C)c1. The van der Waals surface area contributed by atoms with Gasteiger partial charge in [-0.1, -0.05) is 17.7 Å². The van der Waals surface area contributed by atoms with E-state index in [0.717, 1.165) is 16.8 Å². The Morgan fingerprint density at radius 1 is 1.38 bits per heavy atom. The van der Waals surface area contributed by atoms with E-state index in [1.54, 1.807) is 23.3 Å². The summed E-state index contributed by atoms with van der Waals surface area (Å²) in [7, 11) is 1.82. The van der Waals surface area contributed by atoms with Crippen molar-refractivity contribution in [1.82, 2.24) is 14.8 Å². The fourth-order valence-electron chi connectivity index (χ4n) is 1.68. The van der Waals surface area contributed by atoms with Crippen LogP contribution in [0.25, 0.3) is 0 Å². The van der Waals surface area contributed by atoms with Crippen LogP contribution in [0.5, 0.6) is 0 Å². The summed E-state index contributed by atoms with van der Waals surface area (Å²) in [6, 6.07) is 1.70. The third kappa shape index (κ3) is 1.94. The average molecular weight is 237 g/mol. The number of hydrogen-bond acceptors (Lipinski definition) is 3. The van der Waals surface area contributed by atoms with Gasteiger partial charge < -0.3 is 5.73 Å². The topological polar surface area (TPSA) is 56.7 Å². The molecule has 2 aromatic heterocycles. The lowest BCUT2D eigenvalue weighted by Crippen LogP contribution is -2.16. The van der Waals surface area contributed by atoms with Gasteiger partial charge in [0.15, 0.2) is 0 Å². The van der Waals surface area contributed by atoms with Crippen LogP contribution in [0.4, 0.5) is 0 Å². The van der Waals surface area contributed by atoms with Crippen molar-refractivity contribution in [1.29, 1.82) is 0 Å². The Kier molecular flexibility index (Phi) is 2.94. The molecule has 0 saturated heterocycles. The molecular formula is C11H13ClN4. The third-order valence-electron chi connectivity index (χ3n) is 2.49. The number of halogens is 1. The summed E-state index contributed by atoms with van der Waals surface area (Å²) < 4.78 is 1.69. The van der Waals surface area contributed by atoms with Crippen LogP contribution in [0.15, 0.2) is 24.7 Å². The predicted octanol–water partition coefficient (Wildman–Crippen LogP) is 1.83. The smallest absolute Gasteiger partial charge is 0.0837 e. The van der Waals surface area contributed by atoms with E-state index in [1.807, 2.05) is 20.0 Å². The van der Waals surface area contributed by atoms with Gasteiger partial charge in [0.2, 0.25) is 0 Å². The Morgan fingerprint density at radius 3 is 2.69 bits per heavy atom. The van der Waals surface area contributed by atoms with Gasteiger partial charge in [0.05, 0.1) is 23.0 Å². The molecule has 16 heavy (non-hydrogen) atoms. The van der Waals surface area contributed by atoms with Gasteiger partial charge in [0.1, 0.15) is 0 Å². The van der Waals surface area contributed by atoms with E-state index in [0.29, 0.717) is 5.02 Å². The second-order valence-corrected chi connectivity index (χ2v) is 4.18. The normalized spacial score (nSPS) is 12.8. The highest BCUT2D eigenvalue weighted by Gasteiger charge is 2.17. The van der Waals surface area contributed by atoms with Gasteiger partial charge >= 0.3 is 0 Å². The van der Waals surface area contributed by atoms with Crippen molar-refractivity contribution < 1.29 is 0 Å². The minimum Gasteiger partial charge on any atom is -0.319 e. The maximum absolute atomic E-state index is 6.15. The Morgan fingerprint density at radius 2 is 2.12 bits per heavy atom. The maximum atomic E-state index is 6.15. The molecule has 2 heterocycles. The lowest BCUT2D eigenvalue weighted by Gasteiger charge is -2.13. The molecule has 84 valence electrons. The van der Waals surface area contributed by atoms with Crippen LogP contribution in [0, 0.1) is 6.92 Å². The molecule has 1 unspecified atom stereocenters. The van der Waals surface area contributed by atoms with Crippen molar-refractivity contribution in [3.63, 3.8) is 0 Å². The van der Waals surface area contributed by atoms with Gasteiger partial charge in [-0.2, -0.15) is 5.10 Å². The first-order valence-electron chi connectivity index (χ1n) is 4.94. The molecule has 0 aliphatic rings. The summed E-state index contributed by atoms with van der Waals surface area (Å²) >= 11 is 6.05. The Bertz CT molecular complexity index is 487. The molecule has 5 heteroatoms. The Labute approximate surface area is 99.1 Å². The van der Waals surface area contributed by atoms with Crippen LogP contribution in [0.1, 0.15) is 22.9 Å². The van der Waals surface area contributed by atoms with E-state index < -0.39 is 0 Å². The van der Waals surface area contributed by atoms with E-state index in [9.17, 15) is 0 Å². The van der Waals surface area contributed by atoms with E-state index in [-0.39, 0.29) is 6.04 Å². The van der Waals surface area contributed by atoms with Crippen LogP contribution in [-0.4, -0.2) is 14.8 Å². The lowest BCUT2D eigenvalue weighted by molar-refractivity contribution is 0.672. The summed E-state index contributed by atoms with van der Waals surface area (Å²) in [5, 5.41) is 4.65. The zero-order valence-corrected chi connectivity index (χ0v) is 9.94. The van der Waals surface area contributed by atoms with Gasteiger partial charge in [-0.15, -0.1) is 0 Å². The molecule has 4 nitrogen and oxygen atoms in total. The summed E-state index contributed by atoms with van der Waals surface area (Å²) in [5.41, 5.74) is 8.96. The lowest BCUT2D eigenvalue weighted by atomic mass is 10.1. The van der Waals surface area contributed by atoms with Crippen molar-refractivity contribution in [2.45, 2.75) is 13.0 Å². The largest absolute Gasteiger partial charge is 0.319 e. The second-order valence-electron chi connectivity index (χ2n) is 3.77. The molecule has 0 bridgehead atoms. The zero-order valence-electron chi connectivity index (χ0n) is 9.18. The van der Waals surface area contributed by atoms with E-state index in [1.165, 1.54) is 0 Å². The van der Waals surface area contributed by atoms with Crippen LogP contribution in [-0.2, 0) is 7.05 Å². The van der Waals surface area contributed by atoms with Gasteiger partial charge in [0, 0.05) is 19.4 Å². The summed E-state index contributed by atoms with van der Waals surface area (Å²) in [5.74, 6) is 0. The first-order chi connectivity index (χ1) is 7.59. The molecule has 2 aromatic rings. The molecule has 0 aromatic carbocycles. The van der Waals surface area contributed by atoms with Crippen molar-refractivity contribution in [3.05, 3.63) is 46.5 Å². The number of rotatable bonds is 2. The summed E-state index contributed by atoms with van der Waals surface area (Å²) in [6.07, 6.45) is 5.14. The number of aromatic nitrogens is 3. The number of hydrogen-bond donors (Lipinski definition) is 1. The highest BCUT2D eigenvalue weighted by atomic mass is 35.5. The molecule has 0 fully saturated rings. The molecule has 0 amide bonds. The first kappa shape index (κ1) is 11.1. The number of pyridine rings is 1. The molecule has 0 aliphatic carbocycles. The Hall–Kier alpha value is -1.39. The number of aryl methyl sites for hydroxylation is 2. The van der Waals surface area contributed by atoms with E-state index >= 15 is 0 Å². The molecule has 0 aliphatic heterocycles. The summed E-state index contributed by atoms with van der Waals surface area (Å²) in [4.78, 5) is 4.12. The van der Waals surface area contributed by atoms with Crippen LogP contribution in [0.2, 0.25) is 5.02 Å². The molecule has 2 N–H and O–H groups in total. The quantitative estimate of drug-likeness (QED) is 0.866. The van der Waals surface area contributed by atoms with Crippen molar-refractivity contribution in [3.8, 4) is 0 Å². The van der Waals surface area contributed by atoms with Crippen molar-refractivity contribution >= 4 is 11.6 Å². The van der Waals surface area contributed by atoms with Gasteiger partial charge in [-0.25, -0.2) is 0 Å². The second kappa shape index (κ2) is 4.23. The number of nitrogens with two attached hydrogens (primary N) is 1. The van der Waals surface area contributed by atoms with E-state index in [4.69, 9.17) is 17.3 Å². The highest BCUT2D eigenvalue weighted by molar-refractivity contribution is 6.31. The molecule has 0 radical (unpaired) electrons. The van der Waals surface area contributed by atoms with Crippen LogP contribution >= 0.6 is 11.6 Å². The highest BCUT2D eigenvalue weighted by Crippen LogP contribution is 2.25. The predicted molar refractivity (Wildman–Crippen MR) is 63.2 cm³/mol. The maximum Gasteiger partial charge on any atom is 0.0837 e. The molecule has 1 atom stereocenters. The Balaban J connectivity index is 2.43. The van der Waals surface area contributed by atoms with Crippen molar-refractivity contribution in [2.75, 3.05) is 0 Å².